The van der Waals surface area contributed by atoms with Gasteiger partial charge in [-0.1, -0.05) is 15.9 Å². The number of hydrogen-bond donors (Lipinski definition) is 3. The summed E-state index contributed by atoms with van der Waals surface area (Å²) < 4.78 is 2.76. The van der Waals surface area contributed by atoms with Crippen molar-refractivity contribution in [2.45, 2.75) is 19.5 Å². The lowest BCUT2D eigenvalue weighted by atomic mass is 10.3. The maximum atomic E-state index is 12.0. The first-order chi connectivity index (χ1) is 10.1. The maximum absolute atomic E-state index is 12.0. The summed E-state index contributed by atoms with van der Waals surface area (Å²) in [6.07, 6.45) is 3.42. The number of benzene rings is 1. The van der Waals surface area contributed by atoms with E-state index < -0.39 is 0 Å². The Balaban J connectivity index is 1.95. The van der Waals surface area contributed by atoms with Crippen molar-refractivity contribution < 1.29 is 9.90 Å². The quantitative estimate of drug-likeness (QED) is 0.773. The summed E-state index contributed by atoms with van der Waals surface area (Å²) in [5, 5.41) is 14.6. The number of aromatic nitrogens is 2. The van der Waals surface area contributed by atoms with Crippen LogP contribution < -0.4 is 10.6 Å². The molecule has 0 fully saturated rings. The minimum atomic E-state index is -0.302. The molecule has 7 heteroatoms. The molecule has 112 valence electrons. The molecule has 0 spiro atoms. The molecular formula is C14H17BrN4O2. The number of rotatable bonds is 5. The van der Waals surface area contributed by atoms with Crippen molar-refractivity contribution in [2.75, 3.05) is 11.9 Å². The molecule has 0 radical (unpaired) electrons. The summed E-state index contributed by atoms with van der Waals surface area (Å²) in [5.74, 6) is 0.704. The monoisotopic (exact) mass is 352 g/mol. The molecule has 0 aliphatic carbocycles. The van der Waals surface area contributed by atoms with Crippen molar-refractivity contribution in [2.24, 2.45) is 0 Å². The molecule has 1 atom stereocenters. The third-order valence-electron chi connectivity index (χ3n) is 2.93. The molecule has 0 aliphatic rings. The number of aliphatic hydroxyl groups excluding tert-OH is 1. The number of anilines is 1. The fourth-order valence-corrected chi connectivity index (χ4v) is 2.22. The largest absolute Gasteiger partial charge is 0.395 e. The molecule has 0 saturated heterocycles. The van der Waals surface area contributed by atoms with E-state index in [-0.39, 0.29) is 18.7 Å². The minimum Gasteiger partial charge on any atom is -0.395 e. The molecule has 1 heterocycles. The Labute approximate surface area is 131 Å². The van der Waals surface area contributed by atoms with Crippen molar-refractivity contribution >= 4 is 27.6 Å². The van der Waals surface area contributed by atoms with Crippen LogP contribution in [0.4, 0.5) is 10.5 Å². The highest BCUT2D eigenvalue weighted by Crippen LogP contribution is 2.15. The maximum Gasteiger partial charge on any atom is 0.319 e. The third kappa shape index (κ3) is 4.30. The van der Waals surface area contributed by atoms with Gasteiger partial charge in [-0.2, -0.15) is 0 Å². The number of carbonyl (C=O) groups is 1. The van der Waals surface area contributed by atoms with Gasteiger partial charge in [-0.25, -0.2) is 9.78 Å². The van der Waals surface area contributed by atoms with E-state index in [2.05, 4.69) is 31.5 Å². The molecular weight excluding hydrogens is 336 g/mol. The predicted octanol–water partition coefficient (Wildman–Crippen LogP) is 2.52. The third-order valence-corrected chi connectivity index (χ3v) is 3.45. The first kappa shape index (κ1) is 15.5. The number of nitrogens with one attached hydrogen (secondary N) is 2. The Morgan fingerprint density at radius 3 is 2.81 bits per heavy atom. The van der Waals surface area contributed by atoms with Gasteiger partial charge in [-0.05, 0) is 31.2 Å². The zero-order valence-electron chi connectivity index (χ0n) is 11.6. The lowest BCUT2D eigenvalue weighted by Crippen LogP contribution is -2.32. The van der Waals surface area contributed by atoms with Gasteiger partial charge in [0.1, 0.15) is 5.82 Å². The molecule has 2 amide bonds. The Hall–Kier alpha value is -1.86. The number of imidazole rings is 1. The van der Waals surface area contributed by atoms with E-state index >= 15 is 0 Å². The van der Waals surface area contributed by atoms with E-state index in [1.54, 1.807) is 24.5 Å². The molecule has 1 aromatic carbocycles. The second-order valence-corrected chi connectivity index (χ2v) is 5.45. The summed E-state index contributed by atoms with van der Waals surface area (Å²) in [5.41, 5.74) is 0.710. The summed E-state index contributed by atoms with van der Waals surface area (Å²) in [6.45, 7) is 2.33. The van der Waals surface area contributed by atoms with Crippen molar-refractivity contribution in [3.63, 3.8) is 0 Å². The molecule has 6 nitrogen and oxygen atoms in total. The highest BCUT2D eigenvalue weighted by molar-refractivity contribution is 9.10. The molecule has 2 rings (SSSR count). The molecule has 21 heavy (non-hydrogen) atoms. The Morgan fingerprint density at radius 2 is 2.14 bits per heavy atom. The van der Waals surface area contributed by atoms with Crippen LogP contribution in [-0.2, 0) is 6.54 Å². The molecule has 1 aromatic heterocycles. The number of urea groups is 1. The molecule has 0 saturated carbocycles. The van der Waals surface area contributed by atoms with Crippen LogP contribution >= 0.6 is 15.9 Å². The summed E-state index contributed by atoms with van der Waals surface area (Å²) in [6, 6.07) is 6.76. The van der Waals surface area contributed by atoms with Crippen LogP contribution in [0, 0.1) is 0 Å². The van der Waals surface area contributed by atoms with Gasteiger partial charge in [-0.3, -0.25) is 0 Å². The normalized spacial score (nSPS) is 12.0. The van der Waals surface area contributed by atoms with Crippen molar-refractivity contribution in [3.05, 3.63) is 47.0 Å². The van der Waals surface area contributed by atoms with E-state index in [1.165, 1.54) is 0 Å². The first-order valence-corrected chi connectivity index (χ1v) is 7.34. The van der Waals surface area contributed by atoms with Crippen molar-refractivity contribution in [3.8, 4) is 0 Å². The zero-order chi connectivity index (χ0) is 15.2. The molecule has 2 aromatic rings. The van der Waals surface area contributed by atoms with Gasteiger partial charge >= 0.3 is 6.03 Å². The van der Waals surface area contributed by atoms with Gasteiger partial charge in [0.05, 0.1) is 12.6 Å². The number of aliphatic hydroxyl groups is 1. The Bertz CT molecular complexity index is 597. The molecule has 3 N–H and O–H groups in total. The zero-order valence-corrected chi connectivity index (χ0v) is 13.2. The summed E-state index contributed by atoms with van der Waals surface area (Å²) in [4.78, 5) is 16.2. The van der Waals surface area contributed by atoms with Gasteiger partial charge in [0.25, 0.3) is 0 Å². The number of hydrogen-bond acceptors (Lipinski definition) is 3. The molecule has 0 aliphatic heterocycles. The number of nitrogens with zero attached hydrogens (tertiary/aromatic N) is 2. The smallest absolute Gasteiger partial charge is 0.319 e. The van der Waals surface area contributed by atoms with E-state index in [0.29, 0.717) is 18.1 Å². The van der Waals surface area contributed by atoms with Gasteiger partial charge in [0, 0.05) is 29.1 Å². The fraction of sp³-hybridized carbons (Fsp3) is 0.286. The fourth-order valence-electron chi connectivity index (χ4n) is 1.96. The highest BCUT2D eigenvalue weighted by atomic mass is 79.9. The van der Waals surface area contributed by atoms with Gasteiger partial charge in [0.2, 0.25) is 0 Å². The average molecular weight is 353 g/mol. The van der Waals surface area contributed by atoms with Crippen LogP contribution in [0.3, 0.4) is 0 Å². The second-order valence-electron chi connectivity index (χ2n) is 4.53. The minimum absolute atomic E-state index is 0.0289. The lowest BCUT2D eigenvalue weighted by molar-refractivity contribution is 0.248. The van der Waals surface area contributed by atoms with Crippen LogP contribution in [0.1, 0.15) is 18.8 Å². The van der Waals surface area contributed by atoms with Gasteiger partial charge in [-0.15, -0.1) is 0 Å². The summed E-state index contributed by atoms with van der Waals surface area (Å²) >= 11 is 3.34. The SMILES string of the molecule is CC(NC(=O)Nc1ccc(Br)cc1)c1nccn1CCO. The topological polar surface area (TPSA) is 79.2 Å². The number of carbonyl (C=O) groups excluding carboxylic acids is 1. The number of halogens is 1. The molecule has 0 bridgehead atoms. The van der Waals surface area contributed by atoms with Crippen molar-refractivity contribution in [1.29, 1.82) is 0 Å². The second kappa shape index (κ2) is 7.24. The Kier molecular flexibility index (Phi) is 5.35. The number of amides is 2. The van der Waals surface area contributed by atoms with Crippen LogP contribution in [0.5, 0.6) is 0 Å². The lowest BCUT2D eigenvalue weighted by Gasteiger charge is -2.16. The van der Waals surface area contributed by atoms with Crippen LogP contribution in [0.15, 0.2) is 41.1 Å². The highest BCUT2D eigenvalue weighted by Gasteiger charge is 2.14. The van der Waals surface area contributed by atoms with Gasteiger partial charge in [0.15, 0.2) is 0 Å². The average Bonchev–Trinajstić information content (AvgIpc) is 2.90. The Morgan fingerprint density at radius 1 is 1.43 bits per heavy atom. The van der Waals surface area contributed by atoms with Crippen LogP contribution in [0.25, 0.3) is 0 Å². The standard InChI is InChI=1S/C14H17BrN4O2/c1-10(13-16-6-7-19(13)8-9-20)17-14(21)18-12-4-2-11(15)3-5-12/h2-7,10,20H,8-9H2,1H3,(H2,17,18,21). The van der Waals surface area contributed by atoms with E-state index in [1.807, 2.05) is 23.6 Å². The summed E-state index contributed by atoms with van der Waals surface area (Å²) in [7, 11) is 0. The van der Waals surface area contributed by atoms with Crippen molar-refractivity contribution in [1.82, 2.24) is 14.9 Å². The molecule has 1 unspecified atom stereocenters. The van der Waals surface area contributed by atoms with Crippen LogP contribution in [-0.4, -0.2) is 27.3 Å². The van der Waals surface area contributed by atoms with E-state index in [0.717, 1.165) is 4.47 Å². The predicted molar refractivity (Wildman–Crippen MR) is 84.0 cm³/mol. The first-order valence-electron chi connectivity index (χ1n) is 6.55. The van der Waals surface area contributed by atoms with E-state index in [4.69, 9.17) is 5.11 Å². The van der Waals surface area contributed by atoms with Gasteiger partial charge < -0.3 is 20.3 Å². The van der Waals surface area contributed by atoms with Crippen LogP contribution in [0.2, 0.25) is 0 Å². The van der Waals surface area contributed by atoms with E-state index in [9.17, 15) is 4.79 Å².